The molecule has 2 N–H and O–H groups in total. The van der Waals surface area contributed by atoms with Gasteiger partial charge in [0, 0.05) is 19.2 Å². The van der Waals surface area contributed by atoms with Crippen molar-refractivity contribution in [2.75, 3.05) is 38.6 Å². The van der Waals surface area contributed by atoms with E-state index < -0.39 is 0 Å². The molecule has 4 nitrogen and oxygen atoms in total. The number of nitrogen functional groups attached to an aromatic ring is 1. The summed E-state index contributed by atoms with van der Waals surface area (Å²) in [4.78, 5) is 2.31. The first-order valence-corrected chi connectivity index (χ1v) is 6.21. The van der Waals surface area contributed by atoms with Crippen LogP contribution in [-0.4, -0.2) is 43.9 Å². The zero-order valence-electron chi connectivity index (χ0n) is 10.6. The van der Waals surface area contributed by atoms with Crippen LogP contribution in [0.5, 0.6) is 5.75 Å². The summed E-state index contributed by atoms with van der Waals surface area (Å²) >= 11 is 0. The molecule has 100 valence electrons. The number of rotatable bonds is 4. The maximum Gasteiger partial charge on any atom is 0.142 e. The van der Waals surface area contributed by atoms with E-state index >= 15 is 0 Å². The van der Waals surface area contributed by atoms with Crippen LogP contribution in [-0.2, 0) is 4.74 Å². The predicted molar refractivity (Wildman–Crippen MR) is 68.2 cm³/mol. The van der Waals surface area contributed by atoms with Crippen molar-refractivity contribution in [2.45, 2.75) is 13.0 Å². The minimum atomic E-state index is -0.356. The van der Waals surface area contributed by atoms with Gasteiger partial charge in [-0.25, -0.2) is 4.39 Å². The smallest absolute Gasteiger partial charge is 0.142 e. The van der Waals surface area contributed by atoms with Crippen LogP contribution in [0.25, 0.3) is 0 Å². The monoisotopic (exact) mass is 254 g/mol. The van der Waals surface area contributed by atoms with Crippen molar-refractivity contribution in [1.29, 1.82) is 0 Å². The standard InChI is InChI=1S/C13H19FN2O2/c1-2-16-5-6-17-11(8-16)9-18-13-4-3-10(14)7-12(13)15/h3-4,7,11H,2,5-6,8-9,15H2,1H3. The first-order chi connectivity index (χ1) is 8.69. The van der Waals surface area contributed by atoms with Gasteiger partial charge in [-0.3, -0.25) is 4.90 Å². The number of morpholine rings is 1. The Balaban J connectivity index is 1.87. The molecule has 1 atom stereocenters. The molecule has 0 radical (unpaired) electrons. The molecule has 1 saturated heterocycles. The van der Waals surface area contributed by atoms with E-state index in [2.05, 4.69) is 11.8 Å². The Morgan fingerprint density at radius 1 is 1.56 bits per heavy atom. The van der Waals surface area contributed by atoms with E-state index in [4.69, 9.17) is 15.2 Å². The average molecular weight is 254 g/mol. The van der Waals surface area contributed by atoms with Crippen LogP contribution in [0.2, 0.25) is 0 Å². The zero-order chi connectivity index (χ0) is 13.0. The summed E-state index contributed by atoms with van der Waals surface area (Å²) in [6, 6.07) is 4.15. The molecule has 1 fully saturated rings. The number of anilines is 1. The van der Waals surface area contributed by atoms with E-state index in [1.165, 1.54) is 12.1 Å². The van der Waals surface area contributed by atoms with E-state index in [-0.39, 0.29) is 11.9 Å². The van der Waals surface area contributed by atoms with Crippen LogP contribution in [0.4, 0.5) is 10.1 Å². The molecule has 1 unspecified atom stereocenters. The number of nitrogens with two attached hydrogens (primary N) is 1. The van der Waals surface area contributed by atoms with Crippen LogP contribution in [0.1, 0.15) is 6.92 Å². The Morgan fingerprint density at radius 3 is 3.11 bits per heavy atom. The quantitative estimate of drug-likeness (QED) is 0.827. The Hall–Kier alpha value is -1.33. The zero-order valence-corrected chi connectivity index (χ0v) is 10.6. The van der Waals surface area contributed by atoms with Gasteiger partial charge in [-0.2, -0.15) is 0 Å². The minimum Gasteiger partial charge on any atom is -0.489 e. The summed E-state index contributed by atoms with van der Waals surface area (Å²) in [5, 5.41) is 0. The number of halogens is 1. The lowest BCUT2D eigenvalue weighted by molar-refractivity contribution is -0.0463. The third kappa shape index (κ3) is 3.34. The van der Waals surface area contributed by atoms with Crippen LogP contribution in [0, 0.1) is 5.82 Å². The molecule has 0 amide bonds. The summed E-state index contributed by atoms with van der Waals surface area (Å²) < 4.78 is 24.1. The molecular formula is C13H19FN2O2. The fraction of sp³-hybridized carbons (Fsp3) is 0.538. The predicted octanol–water partition coefficient (Wildman–Crippen LogP) is 1.51. The molecule has 2 rings (SSSR count). The molecule has 1 heterocycles. The van der Waals surface area contributed by atoms with E-state index in [1.54, 1.807) is 6.07 Å². The number of likely N-dealkylation sites (N-methyl/N-ethyl adjacent to an activating group) is 1. The molecule has 18 heavy (non-hydrogen) atoms. The number of hydrogen-bond acceptors (Lipinski definition) is 4. The summed E-state index contributed by atoms with van der Waals surface area (Å²) in [6.45, 7) is 6.12. The normalized spacial score (nSPS) is 20.9. The molecule has 1 aromatic carbocycles. The van der Waals surface area contributed by atoms with Crippen molar-refractivity contribution in [3.8, 4) is 5.75 Å². The van der Waals surface area contributed by atoms with Crippen molar-refractivity contribution in [3.05, 3.63) is 24.0 Å². The summed E-state index contributed by atoms with van der Waals surface area (Å²) in [6.07, 6.45) is 0.0446. The van der Waals surface area contributed by atoms with Crippen LogP contribution < -0.4 is 10.5 Å². The molecule has 0 spiro atoms. The molecule has 0 bridgehead atoms. The highest BCUT2D eigenvalue weighted by atomic mass is 19.1. The third-order valence-corrected chi connectivity index (χ3v) is 3.07. The third-order valence-electron chi connectivity index (χ3n) is 3.07. The van der Waals surface area contributed by atoms with Crippen molar-refractivity contribution >= 4 is 5.69 Å². The molecule has 1 aromatic rings. The van der Waals surface area contributed by atoms with Crippen LogP contribution in [0.3, 0.4) is 0 Å². The lowest BCUT2D eigenvalue weighted by Crippen LogP contribution is -2.44. The Kier molecular flexibility index (Phi) is 4.38. The van der Waals surface area contributed by atoms with Crippen molar-refractivity contribution in [2.24, 2.45) is 0 Å². The van der Waals surface area contributed by atoms with Crippen molar-refractivity contribution in [1.82, 2.24) is 4.90 Å². The van der Waals surface area contributed by atoms with E-state index in [1.807, 2.05) is 0 Å². The second-order valence-corrected chi connectivity index (χ2v) is 4.38. The fourth-order valence-corrected chi connectivity index (χ4v) is 2.00. The number of benzene rings is 1. The maximum atomic E-state index is 12.9. The van der Waals surface area contributed by atoms with Gasteiger partial charge in [-0.1, -0.05) is 6.92 Å². The largest absolute Gasteiger partial charge is 0.489 e. The van der Waals surface area contributed by atoms with Gasteiger partial charge in [0.15, 0.2) is 0 Å². The van der Waals surface area contributed by atoms with E-state index in [0.29, 0.717) is 18.0 Å². The fourth-order valence-electron chi connectivity index (χ4n) is 2.00. The second kappa shape index (κ2) is 6.02. The molecule has 5 heteroatoms. The summed E-state index contributed by atoms with van der Waals surface area (Å²) in [5.41, 5.74) is 5.99. The highest BCUT2D eigenvalue weighted by molar-refractivity contribution is 5.52. The SMILES string of the molecule is CCN1CCOC(COc2ccc(F)cc2N)C1. The van der Waals surface area contributed by atoms with Gasteiger partial charge in [0.25, 0.3) is 0 Å². The average Bonchev–Trinajstić information content (AvgIpc) is 2.38. The molecule has 0 saturated carbocycles. The lowest BCUT2D eigenvalue weighted by atomic mass is 10.2. The number of nitrogens with zero attached hydrogens (tertiary/aromatic N) is 1. The van der Waals surface area contributed by atoms with Gasteiger partial charge < -0.3 is 15.2 Å². The first-order valence-electron chi connectivity index (χ1n) is 6.21. The minimum absolute atomic E-state index is 0.0446. The summed E-state index contributed by atoms with van der Waals surface area (Å²) in [5.74, 6) is 0.152. The van der Waals surface area contributed by atoms with E-state index in [9.17, 15) is 4.39 Å². The van der Waals surface area contributed by atoms with Gasteiger partial charge in [-0.05, 0) is 18.7 Å². The van der Waals surface area contributed by atoms with Crippen molar-refractivity contribution < 1.29 is 13.9 Å². The molecule has 0 aromatic heterocycles. The second-order valence-electron chi connectivity index (χ2n) is 4.38. The van der Waals surface area contributed by atoms with Gasteiger partial charge in [0.05, 0.1) is 12.3 Å². The molecule has 1 aliphatic heterocycles. The molecule has 1 aliphatic rings. The first kappa shape index (κ1) is 13.1. The van der Waals surface area contributed by atoms with E-state index in [0.717, 1.165) is 26.2 Å². The van der Waals surface area contributed by atoms with Gasteiger partial charge >= 0.3 is 0 Å². The van der Waals surface area contributed by atoms with Gasteiger partial charge in [0.2, 0.25) is 0 Å². The number of hydrogen-bond donors (Lipinski definition) is 1. The Bertz CT molecular complexity index is 401. The van der Waals surface area contributed by atoms with Crippen LogP contribution in [0.15, 0.2) is 18.2 Å². The maximum absolute atomic E-state index is 12.9. The van der Waals surface area contributed by atoms with Gasteiger partial charge in [0.1, 0.15) is 24.3 Å². The topological polar surface area (TPSA) is 47.7 Å². The summed E-state index contributed by atoms with van der Waals surface area (Å²) in [7, 11) is 0. The Morgan fingerprint density at radius 2 is 2.39 bits per heavy atom. The highest BCUT2D eigenvalue weighted by Crippen LogP contribution is 2.22. The molecule has 0 aliphatic carbocycles. The van der Waals surface area contributed by atoms with Crippen LogP contribution >= 0.6 is 0 Å². The molecular weight excluding hydrogens is 235 g/mol. The lowest BCUT2D eigenvalue weighted by Gasteiger charge is -2.31. The highest BCUT2D eigenvalue weighted by Gasteiger charge is 2.20. The van der Waals surface area contributed by atoms with Crippen molar-refractivity contribution in [3.63, 3.8) is 0 Å². The number of ether oxygens (including phenoxy) is 2. The van der Waals surface area contributed by atoms with Gasteiger partial charge in [-0.15, -0.1) is 0 Å². The Labute approximate surface area is 106 Å².